The molecule has 1 N–H and O–H groups in total. The average Bonchev–Trinajstić information content (AvgIpc) is 3.05. The molecule has 45 heavy (non-hydrogen) atoms. The van der Waals surface area contributed by atoms with Gasteiger partial charge >= 0.3 is 24.8 Å². The van der Waals surface area contributed by atoms with E-state index < -0.39 is 46.3 Å². The Hall–Kier alpha value is -3.43. The summed E-state index contributed by atoms with van der Waals surface area (Å²) in [6.07, 6.45) is 1.82. The summed E-state index contributed by atoms with van der Waals surface area (Å²) in [5.74, 6) is -3.22. The third kappa shape index (κ3) is 13.6. The number of halogens is 7. The zero-order valence-electron chi connectivity index (χ0n) is 23.5. The van der Waals surface area contributed by atoms with E-state index in [9.17, 15) is 22.4 Å². The van der Waals surface area contributed by atoms with Crippen LogP contribution in [0.25, 0.3) is 6.08 Å². The first-order valence-corrected chi connectivity index (χ1v) is 15.3. The van der Waals surface area contributed by atoms with Gasteiger partial charge in [-0.1, -0.05) is 89.2 Å². The second-order valence-electron chi connectivity index (χ2n) is 8.56. The second-order valence-corrected chi connectivity index (χ2v) is 9.97. The van der Waals surface area contributed by atoms with E-state index in [1.165, 1.54) is 18.2 Å². The van der Waals surface area contributed by atoms with Gasteiger partial charge in [0.15, 0.2) is 0 Å². The zero-order chi connectivity index (χ0) is 33.8. The topological polar surface area (TPSA) is 65.2 Å². The van der Waals surface area contributed by atoms with Crippen LogP contribution in [0.4, 0.5) is 17.6 Å². The molecule has 0 saturated heterocycles. The summed E-state index contributed by atoms with van der Waals surface area (Å²) in [7, 11) is 4.34. The van der Waals surface area contributed by atoms with Gasteiger partial charge in [0.25, 0.3) is 5.91 Å². The quantitative estimate of drug-likeness (QED) is 0.0859. The summed E-state index contributed by atoms with van der Waals surface area (Å²) < 4.78 is 54.7. The fourth-order valence-electron chi connectivity index (χ4n) is 3.34. The molecule has 4 rings (SSSR count). The van der Waals surface area contributed by atoms with Gasteiger partial charge in [0, 0.05) is 17.1 Å². The summed E-state index contributed by atoms with van der Waals surface area (Å²) in [6.45, 7) is 3.65. The van der Waals surface area contributed by atoms with Crippen molar-refractivity contribution in [1.82, 2.24) is 5.32 Å². The molecule has 0 spiro atoms. The molecular weight excluding hydrogens is 712 g/mol. The van der Waals surface area contributed by atoms with Gasteiger partial charge in [-0.25, -0.2) is 17.6 Å². The fraction of sp³-hybridized carbons (Fsp3) is 0.125. The molecule has 0 aliphatic rings. The fourth-order valence-corrected chi connectivity index (χ4v) is 4.23. The number of nitrogens with zero attached hydrogens (tertiary/aromatic N) is 2. The van der Waals surface area contributed by atoms with Gasteiger partial charge < -0.3 is 5.32 Å². The van der Waals surface area contributed by atoms with E-state index in [1.54, 1.807) is 0 Å². The molecule has 233 valence electrons. The van der Waals surface area contributed by atoms with Crippen LogP contribution in [-0.2, 0) is 11.8 Å². The number of hydrogen-bond donors (Lipinski definition) is 2. The molecule has 0 aromatic heterocycles. The second kappa shape index (κ2) is 22.1. The summed E-state index contributed by atoms with van der Waals surface area (Å²) in [5.41, 5.74) is 2.94. The molecule has 0 heterocycles. The third-order valence-electron chi connectivity index (χ3n) is 5.63. The van der Waals surface area contributed by atoms with E-state index in [1.807, 2.05) is 54.6 Å². The zero-order valence-corrected chi connectivity index (χ0v) is 27.5. The van der Waals surface area contributed by atoms with E-state index in [0.717, 1.165) is 46.5 Å². The molecule has 0 aliphatic carbocycles. The molecule has 0 aliphatic heterocycles. The predicted octanol–water partition coefficient (Wildman–Crippen LogP) is 9.66. The minimum absolute atomic E-state index is 0.395. The number of rotatable bonds is 7. The maximum atomic E-state index is 13.6. The number of benzene rings is 4. The number of nitriles is 1. The van der Waals surface area contributed by atoms with E-state index in [4.69, 9.17) is 28.5 Å². The van der Waals surface area contributed by atoms with E-state index in [2.05, 4.69) is 52.6 Å². The molecule has 1 atom stereocenters. The molecular formula is C32H26BBrCl2F4N3OS. The first-order chi connectivity index (χ1) is 21.6. The average molecular weight is 738 g/mol. The van der Waals surface area contributed by atoms with Crippen LogP contribution < -0.4 is 5.32 Å². The molecule has 1 radical (unpaired) electrons. The Morgan fingerprint density at radius 3 is 1.69 bits per heavy atom. The Morgan fingerprint density at radius 2 is 1.33 bits per heavy atom. The van der Waals surface area contributed by atoms with E-state index >= 15 is 0 Å². The van der Waals surface area contributed by atoms with Crippen molar-refractivity contribution < 1.29 is 22.4 Å². The van der Waals surface area contributed by atoms with E-state index in [0.29, 0.717) is 17.1 Å². The Bertz CT molecular complexity index is 1540. The van der Waals surface area contributed by atoms with Gasteiger partial charge in [-0.15, -0.1) is 23.2 Å². The van der Waals surface area contributed by atoms with Gasteiger partial charge in [0.05, 0.1) is 6.04 Å². The molecule has 1 unspecified atom stereocenters. The number of thiol groups is 1. The van der Waals surface area contributed by atoms with Crippen LogP contribution in [0.1, 0.15) is 44.2 Å². The standard InChI is InChI=1S/C16H13BrClF2NO.C9H9Cl.C7H3F2N.BHNS/c17-8-14(11-6-4-10(9-18)5-7-11)21-16(22)15-12(19)2-1-3-13(15)20;1-2-8-3-5-9(7-10)6-4-8;8-6-2-1-3-7(9)5(6)4-10;1-2-3/h1-7,14H,8-9H2,(H,21,22);2-6H,1,7H2;1-3H;3H. The van der Waals surface area contributed by atoms with Crippen LogP contribution in [0.5, 0.6) is 0 Å². The molecule has 13 heteroatoms. The van der Waals surface area contributed by atoms with Crippen LogP contribution in [0.15, 0.2) is 95.8 Å². The first-order valence-electron chi connectivity index (χ1n) is 12.7. The van der Waals surface area contributed by atoms with Crippen LogP contribution in [-0.4, -0.2) is 18.9 Å². The van der Waals surface area contributed by atoms with Crippen LogP contribution in [0.2, 0.25) is 0 Å². The van der Waals surface area contributed by atoms with Crippen LogP contribution >= 0.6 is 51.9 Å². The minimum atomic E-state index is -0.886. The maximum absolute atomic E-state index is 13.6. The molecule has 0 saturated carbocycles. The number of alkyl halides is 3. The molecule has 4 aromatic carbocycles. The van der Waals surface area contributed by atoms with Crippen molar-refractivity contribution in [2.75, 3.05) is 5.33 Å². The Kier molecular flexibility index (Phi) is 19.5. The monoisotopic (exact) mass is 736 g/mol. The molecule has 4 aromatic rings. The van der Waals surface area contributed by atoms with Gasteiger partial charge in [-0.2, -0.15) is 5.26 Å². The predicted molar refractivity (Wildman–Crippen MR) is 181 cm³/mol. The molecule has 0 bridgehead atoms. The van der Waals surface area contributed by atoms with Crippen molar-refractivity contribution in [1.29, 1.82) is 5.26 Å². The first kappa shape index (κ1) is 39.6. The number of hydrogen-bond acceptors (Lipinski definition) is 4. The number of carbonyl (C=O) groups is 1. The molecule has 0 fully saturated rings. The summed E-state index contributed by atoms with van der Waals surface area (Å²) in [4.78, 5) is 12.1. The number of amides is 1. The Labute approximate surface area is 284 Å². The number of nitrogens with one attached hydrogen (secondary N) is 1. The van der Waals surface area contributed by atoms with Gasteiger partial charge in [0.1, 0.15) is 40.5 Å². The van der Waals surface area contributed by atoms with Crippen LogP contribution in [0.3, 0.4) is 0 Å². The Morgan fingerprint density at radius 1 is 0.911 bits per heavy atom. The van der Waals surface area contributed by atoms with Gasteiger partial charge in [0.2, 0.25) is 0 Å². The normalized spacial score (nSPS) is 10.2. The summed E-state index contributed by atoms with van der Waals surface area (Å²) in [5, 5.41) is 11.2. The van der Waals surface area contributed by atoms with Gasteiger partial charge in [-0.3, -0.25) is 4.79 Å². The Balaban J connectivity index is 0.000000364. The van der Waals surface area contributed by atoms with Crippen molar-refractivity contribution in [2.45, 2.75) is 17.8 Å². The molecule has 4 nitrogen and oxygen atoms in total. The summed E-state index contributed by atoms with van der Waals surface area (Å²) >= 11 is 17.8. The summed E-state index contributed by atoms with van der Waals surface area (Å²) in [6, 6.07) is 23.0. The SMILES string of the molecule is C=Cc1ccc(CCl)cc1.N#Cc1c(F)cccc1F.O=C(NC(CBr)c1ccc(CCl)cc1)c1c(F)cccc1F.[B]=NS. The van der Waals surface area contributed by atoms with Crippen molar-refractivity contribution in [2.24, 2.45) is 4.30 Å². The van der Waals surface area contributed by atoms with Crippen molar-refractivity contribution in [3.05, 3.63) is 148 Å². The van der Waals surface area contributed by atoms with Crippen molar-refractivity contribution in [3.63, 3.8) is 0 Å². The van der Waals surface area contributed by atoms with Crippen molar-refractivity contribution >= 4 is 71.6 Å². The van der Waals surface area contributed by atoms with E-state index in [-0.39, 0.29) is 0 Å². The molecule has 1 amide bonds. The van der Waals surface area contributed by atoms with Gasteiger partial charge in [-0.05, 0) is 46.5 Å². The third-order valence-corrected chi connectivity index (χ3v) is 6.89. The number of carbonyl (C=O) groups excluding carboxylic acids is 1. The van der Waals surface area contributed by atoms with Crippen molar-refractivity contribution in [3.8, 4) is 6.07 Å². The van der Waals surface area contributed by atoms with Crippen LogP contribution in [0, 0.1) is 34.6 Å².